The van der Waals surface area contributed by atoms with Gasteiger partial charge in [0.15, 0.2) is 0 Å². The maximum atomic E-state index is 12.9. The molecule has 1 aromatic carbocycles. The molecule has 13 heavy (non-hydrogen) atoms. The Morgan fingerprint density at radius 2 is 2.08 bits per heavy atom. The highest BCUT2D eigenvalue weighted by atomic mass is 32.2. The lowest BCUT2D eigenvalue weighted by Gasteiger charge is -2.05. The van der Waals surface area contributed by atoms with Gasteiger partial charge in [0.2, 0.25) is 0 Å². The second kappa shape index (κ2) is 4.51. The Balaban J connectivity index is 2.66. The Hall–Kier alpha value is -0.700. The van der Waals surface area contributed by atoms with E-state index in [1.165, 1.54) is 12.1 Å². The lowest BCUT2D eigenvalue weighted by molar-refractivity contribution is 0.625. The lowest BCUT2D eigenvalue weighted by atomic mass is 10.3. The lowest BCUT2D eigenvalue weighted by Crippen LogP contribution is -1.92. The zero-order chi connectivity index (χ0) is 9.84. The van der Waals surface area contributed by atoms with Crippen molar-refractivity contribution in [3.05, 3.63) is 24.0 Å². The highest BCUT2D eigenvalue weighted by Gasteiger charge is 2.00. The summed E-state index contributed by atoms with van der Waals surface area (Å²) in [6.45, 7) is 4.27. The van der Waals surface area contributed by atoms with E-state index in [2.05, 4.69) is 13.8 Å². The minimum atomic E-state index is -0.258. The Kier molecular flexibility index (Phi) is 3.60. The number of benzene rings is 1. The van der Waals surface area contributed by atoms with Gasteiger partial charge in [0.25, 0.3) is 0 Å². The van der Waals surface area contributed by atoms with E-state index in [0.29, 0.717) is 11.6 Å². The summed E-state index contributed by atoms with van der Waals surface area (Å²) >= 11 is 1.64. The van der Waals surface area contributed by atoms with Gasteiger partial charge in [-0.05, 0) is 24.1 Å². The molecule has 0 aromatic heterocycles. The molecule has 3 heteroatoms. The van der Waals surface area contributed by atoms with Crippen molar-refractivity contribution in [2.24, 2.45) is 5.92 Å². The molecule has 0 atom stereocenters. The number of hydrogen-bond donors (Lipinski definition) is 1. The quantitative estimate of drug-likeness (QED) is 0.597. The molecule has 0 radical (unpaired) electrons. The van der Waals surface area contributed by atoms with Crippen molar-refractivity contribution in [1.29, 1.82) is 0 Å². The number of hydrogen-bond acceptors (Lipinski definition) is 2. The van der Waals surface area contributed by atoms with E-state index in [0.717, 1.165) is 10.6 Å². The zero-order valence-corrected chi connectivity index (χ0v) is 8.70. The second-order valence-corrected chi connectivity index (χ2v) is 4.52. The topological polar surface area (TPSA) is 26.0 Å². The molecule has 1 rings (SSSR count). The minimum absolute atomic E-state index is 0.258. The average molecular weight is 199 g/mol. The molecular formula is C10H14FNS. The summed E-state index contributed by atoms with van der Waals surface area (Å²) in [7, 11) is 0. The molecule has 2 N–H and O–H groups in total. The van der Waals surface area contributed by atoms with Crippen LogP contribution in [0.5, 0.6) is 0 Å². The summed E-state index contributed by atoms with van der Waals surface area (Å²) in [5.41, 5.74) is 6.00. The largest absolute Gasteiger partial charge is 0.399 e. The summed E-state index contributed by atoms with van der Waals surface area (Å²) < 4.78 is 12.9. The summed E-state index contributed by atoms with van der Waals surface area (Å²) in [6.07, 6.45) is 0. The molecule has 0 fully saturated rings. The average Bonchev–Trinajstić information content (AvgIpc) is 1.99. The number of anilines is 1. The molecule has 1 nitrogen and oxygen atoms in total. The molecule has 0 saturated heterocycles. The second-order valence-electron chi connectivity index (χ2n) is 3.43. The van der Waals surface area contributed by atoms with Crippen molar-refractivity contribution in [3.63, 3.8) is 0 Å². The fraction of sp³-hybridized carbons (Fsp3) is 0.400. The number of thioether (sulfide) groups is 1. The summed E-state index contributed by atoms with van der Waals surface area (Å²) in [6, 6.07) is 4.65. The Morgan fingerprint density at radius 3 is 2.62 bits per heavy atom. The molecule has 0 aliphatic rings. The van der Waals surface area contributed by atoms with Gasteiger partial charge in [-0.2, -0.15) is 0 Å². The maximum absolute atomic E-state index is 12.9. The van der Waals surface area contributed by atoms with Crippen LogP contribution in [0.15, 0.2) is 23.1 Å². The van der Waals surface area contributed by atoms with Gasteiger partial charge >= 0.3 is 0 Å². The van der Waals surface area contributed by atoms with Crippen molar-refractivity contribution in [1.82, 2.24) is 0 Å². The van der Waals surface area contributed by atoms with E-state index in [-0.39, 0.29) is 5.82 Å². The fourth-order valence-corrected chi connectivity index (χ4v) is 1.87. The van der Waals surface area contributed by atoms with Crippen molar-refractivity contribution < 1.29 is 4.39 Å². The van der Waals surface area contributed by atoms with Crippen LogP contribution < -0.4 is 5.73 Å². The molecular weight excluding hydrogens is 185 g/mol. The van der Waals surface area contributed by atoms with Crippen LogP contribution in [-0.2, 0) is 0 Å². The van der Waals surface area contributed by atoms with E-state index in [4.69, 9.17) is 5.73 Å². The molecule has 0 spiro atoms. The highest BCUT2D eigenvalue weighted by molar-refractivity contribution is 7.99. The van der Waals surface area contributed by atoms with Gasteiger partial charge < -0.3 is 5.73 Å². The van der Waals surface area contributed by atoms with Gasteiger partial charge in [0.05, 0.1) is 0 Å². The molecule has 0 heterocycles. The van der Waals surface area contributed by atoms with Crippen LogP contribution in [0.3, 0.4) is 0 Å². The van der Waals surface area contributed by atoms with Crippen molar-refractivity contribution >= 4 is 17.4 Å². The SMILES string of the molecule is CC(C)CSc1cc(N)cc(F)c1. The van der Waals surface area contributed by atoms with E-state index >= 15 is 0 Å². The first-order valence-corrected chi connectivity index (χ1v) is 5.25. The Morgan fingerprint density at radius 1 is 1.38 bits per heavy atom. The van der Waals surface area contributed by atoms with Gasteiger partial charge in [-0.3, -0.25) is 0 Å². The highest BCUT2D eigenvalue weighted by Crippen LogP contribution is 2.23. The van der Waals surface area contributed by atoms with Crippen LogP contribution in [0.4, 0.5) is 10.1 Å². The number of nitrogens with two attached hydrogens (primary N) is 1. The Labute approximate surface area is 82.5 Å². The third-order valence-corrected chi connectivity index (χ3v) is 2.88. The molecule has 0 unspecified atom stereocenters. The van der Waals surface area contributed by atoms with Gasteiger partial charge in [0, 0.05) is 16.3 Å². The van der Waals surface area contributed by atoms with Gasteiger partial charge in [-0.1, -0.05) is 13.8 Å². The molecule has 1 aromatic rings. The molecule has 0 aliphatic heterocycles. The van der Waals surface area contributed by atoms with Crippen LogP contribution in [0, 0.1) is 11.7 Å². The van der Waals surface area contributed by atoms with Crippen LogP contribution in [0.2, 0.25) is 0 Å². The van der Waals surface area contributed by atoms with Crippen molar-refractivity contribution in [2.75, 3.05) is 11.5 Å². The number of nitrogen functional groups attached to an aromatic ring is 1. The number of halogens is 1. The van der Waals surface area contributed by atoms with Crippen LogP contribution in [0.25, 0.3) is 0 Å². The Bertz CT molecular complexity index is 266. The third-order valence-electron chi connectivity index (χ3n) is 1.48. The van der Waals surface area contributed by atoms with E-state index in [1.807, 2.05) is 0 Å². The molecule has 0 bridgehead atoms. The van der Waals surface area contributed by atoms with Crippen LogP contribution >= 0.6 is 11.8 Å². The first-order valence-electron chi connectivity index (χ1n) is 4.27. The van der Waals surface area contributed by atoms with Gasteiger partial charge in [0.1, 0.15) is 5.82 Å². The zero-order valence-electron chi connectivity index (χ0n) is 7.88. The smallest absolute Gasteiger partial charge is 0.126 e. The summed E-state index contributed by atoms with van der Waals surface area (Å²) in [5, 5.41) is 0. The normalized spacial score (nSPS) is 10.8. The monoisotopic (exact) mass is 199 g/mol. The number of rotatable bonds is 3. The van der Waals surface area contributed by atoms with E-state index < -0.39 is 0 Å². The molecule has 0 amide bonds. The fourth-order valence-electron chi connectivity index (χ4n) is 0.931. The van der Waals surface area contributed by atoms with Crippen LogP contribution in [0.1, 0.15) is 13.8 Å². The van der Waals surface area contributed by atoms with Crippen molar-refractivity contribution in [3.8, 4) is 0 Å². The minimum Gasteiger partial charge on any atom is -0.399 e. The van der Waals surface area contributed by atoms with Gasteiger partial charge in [-0.25, -0.2) is 4.39 Å². The predicted molar refractivity (Wildman–Crippen MR) is 56.4 cm³/mol. The summed E-state index contributed by atoms with van der Waals surface area (Å²) in [5.74, 6) is 1.34. The first kappa shape index (κ1) is 10.4. The maximum Gasteiger partial charge on any atom is 0.126 e. The first-order chi connectivity index (χ1) is 6.08. The predicted octanol–water partition coefficient (Wildman–Crippen LogP) is 3.16. The third kappa shape index (κ3) is 3.68. The molecule has 0 aliphatic carbocycles. The van der Waals surface area contributed by atoms with E-state index in [9.17, 15) is 4.39 Å². The molecule has 72 valence electrons. The van der Waals surface area contributed by atoms with E-state index in [1.54, 1.807) is 17.8 Å². The van der Waals surface area contributed by atoms with Crippen molar-refractivity contribution in [2.45, 2.75) is 18.7 Å². The summed E-state index contributed by atoms with van der Waals surface area (Å²) in [4.78, 5) is 0.909. The van der Waals surface area contributed by atoms with Gasteiger partial charge in [-0.15, -0.1) is 11.8 Å². The van der Waals surface area contributed by atoms with Crippen LogP contribution in [-0.4, -0.2) is 5.75 Å². The molecule has 0 saturated carbocycles. The standard InChI is InChI=1S/C10H14FNS/c1-7(2)6-13-10-4-8(11)3-9(12)5-10/h3-5,7H,6,12H2,1-2H3.